The van der Waals surface area contributed by atoms with E-state index in [0.717, 1.165) is 0 Å². The second-order valence-corrected chi connectivity index (χ2v) is 5.55. The van der Waals surface area contributed by atoms with E-state index in [0.29, 0.717) is 12.5 Å². The van der Waals surface area contributed by atoms with Crippen LogP contribution in [0, 0.1) is 5.92 Å². The monoisotopic (exact) mass is 320 g/mol. The molecule has 0 aliphatic rings. The Balaban J connectivity index is 2.41. The Morgan fingerprint density at radius 2 is 2.10 bits per heavy atom. The van der Waals surface area contributed by atoms with Gasteiger partial charge >= 0.3 is 0 Å². The SMILES string of the molecule is CC(C)COCC(O)CNC(=O)c1nc(Cl)ccc1Cl. The Hall–Kier alpha value is -0.880. The molecule has 0 aliphatic heterocycles. The van der Waals surface area contributed by atoms with E-state index >= 15 is 0 Å². The maximum absolute atomic E-state index is 11.8. The normalized spacial score (nSPS) is 12.5. The summed E-state index contributed by atoms with van der Waals surface area (Å²) < 4.78 is 5.27. The summed E-state index contributed by atoms with van der Waals surface area (Å²) in [6.07, 6.45) is -0.782. The average molecular weight is 321 g/mol. The summed E-state index contributed by atoms with van der Waals surface area (Å²) in [5.74, 6) is -0.0910. The number of carbonyl (C=O) groups is 1. The second-order valence-electron chi connectivity index (χ2n) is 4.76. The third kappa shape index (κ3) is 6.05. The highest BCUT2D eigenvalue weighted by atomic mass is 35.5. The van der Waals surface area contributed by atoms with Gasteiger partial charge in [-0.25, -0.2) is 4.98 Å². The summed E-state index contributed by atoms with van der Waals surface area (Å²) in [7, 11) is 0. The van der Waals surface area contributed by atoms with Crippen molar-refractivity contribution >= 4 is 29.1 Å². The molecular formula is C13H18Cl2N2O3. The predicted molar refractivity (Wildman–Crippen MR) is 78.3 cm³/mol. The number of hydrogen-bond acceptors (Lipinski definition) is 4. The van der Waals surface area contributed by atoms with E-state index in [4.69, 9.17) is 27.9 Å². The number of nitrogens with zero attached hydrogens (tertiary/aromatic N) is 1. The van der Waals surface area contributed by atoms with Gasteiger partial charge in [0.25, 0.3) is 5.91 Å². The molecule has 1 unspecified atom stereocenters. The zero-order chi connectivity index (χ0) is 15.1. The van der Waals surface area contributed by atoms with E-state index < -0.39 is 12.0 Å². The fourth-order valence-corrected chi connectivity index (χ4v) is 1.71. The highest BCUT2D eigenvalue weighted by Gasteiger charge is 2.14. The van der Waals surface area contributed by atoms with Crippen molar-refractivity contribution in [2.45, 2.75) is 20.0 Å². The van der Waals surface area contributed by atoms with Crippen molar-refractivity contribution in [3.8, 4) is 0 Å². The number of aromatic nitrogens is 1. The number of aliphatic hydroxyl groups excluding tert-OH is 1. The second kappa shape index (κ2) is 8.42. The summed E-state index contributed by atoms with van der Waals surface area (Å²) in [5.41, 5.74) is 0.0365. The third-order valence-corrected chi connectivity index (χ3v) is 2.80. The van der Waals surface area contributed by atoms with Crippen molar-refractivity contribution in [3.63, 3.8) is 0 Å². The predicted octanol–water partition coefficient (Wildman–Crippen LogP) is 2.15. The molecule has 1 aromatic heterocycles. The van der Waals surface area contributed by atoms with E-state index in [1.807, 2.05) is 13.8 Å². The van der Waals surface area contributed by atoms with Crippen molar-refractivity contribution in [2.75, 3.05) is 19.8 Å². The van der Waals surface area contributed by atoms with Crippen LogP contribution in [0.15, 0.2) is 12.1 Å². The maximum atomic E-state index is 11.8. The van der Waals surface area contributed by atoms with Gasteiger partial charge in [0.05, 0.1) is 17.7 Å². The molecule has 5 nitrogen and oxygen atoms in total. The molecule has 1 heterocycles. The van der Waals surface area contributed by atoms with Crippen LogP contribution in [0.5, 0.6) is 0 Å². The van der Waals surface area contributed by atoms with E-state index in [9.17, 15) is 9.90 Å². The first-order chi connectivity index (χ1) is 9.40. The van der Waals surface area contributed by atoms with Crippen molar-refractivity contribution in [1.82, 2.24) is 10.3 Å². The molecule has 0 spiro atoms. The number of hydrogen-bond donors (Lipinski definition) is 2. The summed E-state index contributed by atoms with van der Waals surface area (Å²) in [6.45, 7) is 4.81. The lowest BCUT2D eigenvalue weighted by molar-refractivity contribution is 0.0259. The van der Waals surface area contributed by atoms with Crippen LogP contribution in [0.25, 0.3) is 0 Å². The number of amides is 1. The van der Waals surface area contributed by atoms with Crippen LogP contribution in [0.3, 0.4) is 0 Å². The van der Waals surface area contributed by atoms with Crippen LogP contribution < -0.4 is 5.32 Å². The summed E-state index contributed by atoms with van der Waals surface area (Å²) in [4.78, 5) is 15.7. The Kier molecular flexibility index (Phi) is 7.23. The quantitative estimate of drug-likeness (QED) is 0.755. The van der Waals surface area contributed by atoms with Crippen LogP contribution in [0.2, 0.25) is 10.2 Å². The molecule has 0 aromatic carbocycles. The van der Waals surface area contributed by atoms with Gasteiger partial charge < -0.3 is 15.2 Å². The first-order valence-corrected chi connectivity index (χ1v) is 7.01. The molecule has 1 amide bonds. The van der Waals surface area contributed by atoms with Crippen LogP contribution >= 0.6 is 23.2 Å². The van der Waals surface area contributed by atoms with E-state index in [1.165, 1.54) is 12.1 Å². The third-order valence-electron chi connectivity index (χ3n) is 2.29. The van der Waals surface area contributed by atoms with Crippen molar-refractivity contribution in [2.24, 2.45) is 5.92 Å². The topological polar surface area (TPSA) is 71.5 Å². The van der Waals surface area contributed by atoms with Gasteiger partial charge in [0, 0.05) is 13.2 Å². The minimum absolute atomic E-state index is 0.0365. The first kappa shape index (κ1) is 17.2. The van der Waals surface area contributed by atoms with Gasteiger partial charge in [0.2, 0.25) is 0 Å². The lowest BCUT2D eigenvalue weighted by atomic mass is 10.2. The first-order valence-electron chi connectivity index (χ1n) is 6.26. The number of nitrogens with one attached hydrogen (secondary N) is 1. The van der Waals surface area contributed by atoms with E-state index in [2.05, 4.69) is 10.3 Å². The molecule has 1 aromatic rings. The fraction of sp³-hybridized carbons (Fsp3) is 0.538. The fourth-order valence-electron chi connectivity index (χ4n) is 1.37. The summed E-state index contributed by atoms with van der Waals surface area (Å²) in [6, 6.07) is 2.99. The van der Waals surface area contributed by atoms with Crippen LogP contribution in [0.4, 0.5) is 0 Å². The molecule has 2 N–H and O–H groups in total. The van der Waals surface area contributed by atoms with Crippen LogP contribution in [0.1, 0.15) is 24.3 Å². The van der Waals surface area contributed by atoms with Crippen molar-refractivity contribution in [1.29, 1.82) is 0 Å². The largest absolute Gasteiger partial charge is 0.389 e. The molecule has 7 heteroatoms. The molecule has 0 radical (unpaired) electrons. The molecule has 0 aliphatic carbocycles. The highest BCUT2D eigenvalue weighted by molar-refractivity contribution is 6.34. The number of carbonyl (C=O) groups excluding carboxylic acids is 1. The minimum Gasteiger partial charge on any atom is -0.389 e. The van der Waals surface area contributed by atoms with E-state index in [-0.39, 0.29) is 29.0 Å². The van der Waals surface area contributed by atoms with Gasteiger partial charge in [-0.3, -0.25) is 4.79 Å². The molecule has 1 atom stereocenters. The number of halogens is 2. The number of rotatable bonds is 7. The average Bonchev–Trinajstić information content (AvgIpc) is 2.38. The lowest BCUT2D eigenvalue weighted by Gasteiger charge is -2.13. The van der Waals surface area contributed by atoms with Crippen molar-refractivity contribution < 1.29 is 14.6 Å². The maximum Gasteiger partial charge on any atom is 0.271 e. The smallest absolute Gasteiger partial charge is 0.271 e. The standard InChI is InChI=1S/C13H18Cl2N2O3/c1-8(2)6-20-7-9(18)5-16-13(19)12-10(14)3-4-11(15)17-12/h3-4,8-9,18H,5-7H2,1-2H3,(H,16,19). The molecule has 0 saturated carbocycles. The van der Waals surface area contributed by atoms with Crippen LogP contribution in [-0.4, -0.2) is 41.9 Å². The Bertz CT molecular complexity index is 455. The lowest BCUT2D eigenvalue weighted by Crippen LogP contribution is -2.35. The van der Waals surface area contributed by atoms with Gasteiger partial charge in [0.1, 0.15) is 10.8 Å². The zero-order valence-corrected chi connectivity index (χ0v) is 12.9. The van der Waals surface area contributed by atoms with E-state index in [1.54, 1.807) is 0 Å². The number of pyridine rings is 1. The van der Waals surface area contributed by atoms with Gasteiger partial charge in [-0.1, -0.05) is 37.0 Å². The Morgan fingerprint density at radius 3 is 2.75 bits per heavy atom. The van der Waals surface area contributed by atoms with Gasteiger partial charge in [-0.2, -0.15) is 0 Å². The Morgan fingerprint density at radius 1 is 1.40 bits per heavy atom. The summed E-state index contributed by atoms with van der Waals surface area (Å²) in [5, 5.41) is 12.6. The van der Waals surface area contributed by atoms with Gasteiger partial charge in [-0.15, -0.1) is 0 Å². The minimum atomic E-state index is -0.782. The van der Waals surface area contributed by atoms with Crippen molar-refractivity contribution in [3.05, 3.63) is 28.0 Å². The number of aliphatic hydroxyl groups is 1. The van der Waals surface area contributed by atoms with Gasteiger partial charge in [0.15, 0.2) is 0 Å². The highest BCUT2D eigenvalue weighted by Crippen LogP contribution is 2.16. The molecular weight excluding hydrogens is 303 g/mol. The molecule has 20 heavy (non-hydrogen) atoms. The number of ether oxygens (including phenoxy) is 1. The molecule has 0 fully saturated rings. The molecule has 0 saturated heterocycles. The zero-order valence-electron chi connectivity index (χ0n) is 11.4. The molecule has 1 rings (SSSR count). The molecule has 112 valence electrons. The molecule has 0 bridgehead atoms. The summed E-state index contributed by atoms with van der Waals surface area (Å²) >= 11 is 11.6. The Labute approximate surface area is 128 Å². The van der Waals surface area contributed by atoms with Crippen LogP contribution in [-0.2, 0) is 4.74 Å². The van der Waals surface area contributed by atoms with Gasteiger partial charge in [-0.05, 0) is 18.1 Å².